The van der Waals surface area contributed by atoms with E-state index in [9.17, 15) is 87.9 Å². The van der Waals surface area contributed by atoms with Gasteiger partial charge < -0.3 is 108 Å². The molecule has 2 heterocycles. The number of nitrogens with zero attached hydrogens (tertiary/aromatic N) is 8. The summed E-state index contributed by atoms with van der Waals surface area (Å²) in [6.45, 7) is 32.6. The van der Waals surface area contributed by atoms with Crippen LogP contribution in [0.3, 0.4) is 0 Å². The van der Waals surface area contributed by atoms with E-state index < -0.39 is 89.5 Å². The van der Waals surface area contributed by atoms with Gasteiger partial charge >= 0.3 is 66.2 Å². The number of carboxylic acids is 7. The van der Waals surface area contributed by atoms with Crippen molar-refractivity contribution in [3.63, 3.8) is 0 Å². The quantitative estimate of drug-likeness (QED) is 0.0145. The van der Waals surface area contributed by atoms with Gasteiger partial charge in [-0.2, -0.15) is 19.2 Å². The summed E-state index contributed by atoms with van der Waals surface area (Å²) in [5, 5.41) is 90.1. The molecule has 44 heteroatoms. The first kappa shape index (κ1) is 138. The van der Waals surface area contributed by atoms with Crippen LogP contribution in [0.4, 0.5) is 15.3 Å². The number of anilines is 1. The molecule has 6 amide bonds. The standard InChI is InChI=1S/C55H83N9O9S.C48H79N7O11S.2CO2.2Lu/c1-4-61-29-30-62(5-2)33-34-64(40-51(68)69)47(39-63(6-3)32-31-61)37-41-21-24-46(25-22-41)59-55(74)58-27-12-7-8-17-48(65)38-45(36-42-20-23-43-15-9-10-16-44(43)35-42)52(70)56-26-13-11-18-49(53(71)72)60-54(73)57-28-14-19-50(66)67;1-4-52-25-26-53(5-2)29-30-55(35-45(61)62)39(34-54(6-3)28-27-52)31-36-15-17-37(18-16-36)32-41(67)13-10-8-7-9-11-23-49-46(63)38(19-22-44(59)60)33-40(56)20-21-42(47(64)65)51-48(66)50-24-12-14-43(57)58;2*2-1-3;;/h9-10,15-16,20-25,35,45,47,49H,4-8,11-14,17-19,26-34,36-40H2,1-3H3,(H,56,70)(H,66,67)(H,68,69)(H,71,72)(H2,57,60,73)(H2,58,59,74);15-18,38-39,42H,4-14,19-35H2,1-3H3,(H,49,63)(H,57,58)(H,59,60)(H,61,62)(H,64,65)(H2,50,51,66);;;;/t45-,47?,49+;38-,39?,42+;;;;/m11..../s1. The number of likely N-dealkylation sites (N-methyl/N-ethyl adjacent to an activating group) is 6. The number of Topliss-reactive ketones (excluding diaryl/α,β-unsaturated/α-hetero) is 2. The number of hydrogen-bond donors (Lipinski definition) is 15. The maximum Gasteiger partial charge on any atom is 0.373 e. The van der Waals surface area contributed by atoms with Gasteiger partial charge in [0.05, 0.1) is 13.1 Å². The molecule has 2 radical (unpaired) electrons. The van der Waals surface area contributed by atoms with Gasteiger partial charge in [0.15, 0.2) is 5.11 Å². The maximum atomic E-state index is 13.6. The second-order valence-electron chi connectivity index (χ2n) is 37.0. The van der Waals surface area contributed by atoms with Gasteiger partial charge in [-0.15, -0.1) is 0 Å². The third kappa shape index (κ3) is 64.5. The summed E-state index contributed by atoms with van der Waals surface area (Å²) < 4.78 is 0. The molecule has 0 spiro atoms. The first-order chi connectivity index (χ1) is 70.5. The number of hydrogen-bond acceptors (Lipinski definition) is 27. The van der Waals surface area contributed by atoms with E-state index in [1.165, 1.54) is 5.56 Å². The predicted octanol–water partition coefficient (Wildman–Crippen LogP) is 8.69. The minimum Gasteiger partial charge on any atom is -0.481 e. The molecule has 0 aromatic heterocycles. The zero-order valence-electron chi connectivity index (χ0n) is 87.3. The SMILES string of the molecule is CCN1CCN(CC)CCN(CC(=O)O)C(Cc2ccc(CC(=S)CCCCCCCNC(=O)[C@H](CCC(=O)O)CC(=O)CC[C@H](NC(=O)NCCCC(=O)O)C(=O)O)cc2)CN(CC)CC1.CCN1CCN(CC)CCN(CC(=O)O)C(Cc2ccc(NC(=S)NCCCCCC(=O)C[C@@H](Cc3ccc4ccccc4c3)C(=O)NCCCC[C@H](NC(=O)NCCCC(=O)O)C(=O)O)cc2)CN(CC)CC1.O=C=O.O=C=O.[Lu].[Lu]. The van der Waals surface area contributed by atoms with E-state index in [0.717, 1.165) is 214 Å². The Hall–Kier alpha value is -9.06. The summed E-state index contributed by atoms with van der Waals surface area (Å²) in [6.07, 6.45) is 10.9. The molecule has 0 aliphatic carbocycles. The molecule has 0 bridgehead atoms. The molecular formula is C105H162Lu2N16O24S2. The van der Waals surface area contributed by atoms with Crippen LogP contribution in [0.5, 0.6) is 0 Å². The number of nitrogens with one attached hydrogen (secondary N) is 8. The number of fused-ring (bicyclic) bond motifs is 1. The number of carboxylic acid groups (broad SMARTS) is 7. The number of carbonyl (C=O) groups excluding carboxylic acids is 10. The number of urea groups is 2. The number of thiocarbonyl (C=S) groups is 2. The van der Waals surface area contributed by atoms with Crippen LogP contribution in [-0.2, 0) is 97.6 Å². The summed E-state index contributed by atoms with van der Waals surface area (Å²) >= 11 is 11.4. The molecule has 4 aromatic rings. The van der Waals surface area contributed by atoms with E-state index >= 15 is 0 Å². The molecule has 2 unspecified atom stereocenters. The van der Waals surface area contributed by atoms with Gasteiger partial charge in [-0.05, 0) is 198 Å². The minimum absolute atomic E-state index is 0. The number of benzene rings is 4. The fourth-order valence-corrected chi connectivity index (χ4v) is 18.0. The van der Waals surface area contributed by atoms with Gasteiger partial charge in [-0.3, -0.25) is 53.0 Å². The van der Waals surface area contributed by atoms with Gasteiger partial charge in [-0.1, -0.05) is 158 Å². The Bertz CT molecular complexity index is 4710. The van der Waals surface area contributed by atoms with Crippen LogP contribution in [0.25, 0.3) is 10.8 Å². The van der Waals surface area contributed by atoms with Crippen molar-refractivity contribution in [2.24, 2.45) is 11.8 Å². The van der Waals surface area contributed by atoms with Crippen LogP contribution in [-0.4, -0.2) is 375 Å². The summed E-state index contributed by atoms with van der Waals surface area (Å²) in [7, 11) is 0. The molecule has 0 saturated carbocycles. The van der Waals surface area contributed by atoms with E-state index in [2.05, 4.69) is 160 Å². The monoisotopic (exact) mass is 2450 g/mol. The van der Waals surface area contributed by atoms with Crippen molar-refractivity contribution in [2.45, 2.75) is 239 Å². The largest absolute Gasteiger partial charge is 0.481 e. The van der Waals surface area contributed by atoms with Gasteiger partial charge in [0.2, 0.25) is 11.8 Å². The van der Waals surface area contributed by atoms with Crippen molar-refractivity contribution in [2.75, 3.05) is 182 Å². The number of unbranched alkanes of at least 4 members (excludes halogenated alkanes) is 7. The molecule has 2 fully saturated rings. The van der Waals surface area contributed by atoms with Crippen LogP contribution >= 0.6 is 24.4 Å². The van der Waals surface area contributed by atoms with Crippen molar-refractivity contribution in [3.8, 4) is 0 Å². The molecule has 149 heavy (non-hydrogen) atoms. The summed E-state index contributed by atoms with van der Waals surface area (Å²) in [5.74, 6) is -9.91. The molecule has 4 aromatic carbocycles. The third-order valence-corrected chi connectivity index (χ3v) is 26.7. The van der Waals surface area contributed by atoms with Gasteiger partial charge in [-0.25, -0.2) is 19.2 Å². The van der Waals surface area contributed by atoms with E-state index in [0.29, 0.717) is 76.2 Å². The Labute approximate surface area is 946 Å². The molecule has 6 rings (SSSR count). The predicted molar refractivity (Wildman–Crippen MR) is 565 cm³/mol. The summed E-state index contributed by atoms with van der Waals surface area (Å²) in [5.41, 5.74) is 5.25. The molecule has 2 aliphatic heterocycles. The number of amides is 6. The summed E-state index contributed by atoms with van der Waals surface area (Å²) in [4.78, 5) is 210. The average Bonchev–Trinajstić information content (AvgIpc) is 0.839. The molecular weight excluding hydrogens is 2280 g/mol. The molecule has 2 saturated heterocycles. The van der Waals surface area contributed by atoms with E-state index in [1.54, 1.807) is 0 Å². The minimum atomic E-state index is -1.39. The van der Waals surface area contributed by atoms with E-state index in [1.807, 2.05) is 54.6 Å². The molecule has 40 nitrogen and oxygen atoms in total. The number of aliphatic carboxylic acids is 7. The summed E-state index contributed by atoms with van der Waals surface area (Å²) in [6, 6.07) is 26.8. The van der Waals surface area contributed by atoms with Crippen LogP contribution in [0.1, 0.15) is 211 Å². The molecule has 15 N–H and O–H groups in total. The number of ketones is 2. The Morgan fingerprint density at radius 2 is 0.732 bits per heavy atom. The number of rotatable bonds is 62. The van der Waals surface area contributed by atoms with E-state index in [-0.39, 0.29) is 213 Å². The fourth-order valence-electron chi connectivity index (χ4n) is 17.4. The first-order valence-electron chi connectivity index (χ1n) is 51.8. The van der Waals surface area contributed by atoms with Crippen LogP contribution in [0, 0.1) is 85.6 Å². The fraction of sp³-hybridized carbons (Fsp3) is 0.629. The third-order valence-electron chi connectivity index (χ3n) is 26.1. The average molecular weight is 2450 g/mol. The Morgan fingerprint density at radius 1 is 0.362 bits per heavy atom. The van der Waals surface area contributed by atoms with Crippen molar-refractivity contribution < 1.29 is 191 Å². The van der Waals surface area contributed by atoms with Gasteiger partial charge in [0, 0.05) is 279 Å². The maximum absolute atomic E-state index is 13.6. The number of carbonyl (C=O) groups is 13. The second kappa shape index (κ2) is 83.5. The van der Waals surface area contributed by atoms with E-state index in [4.69, 9.17) is 53.8 Å². The molecule has 848 valence electrons. The topological polar surface area (TPSA) is 554 Å². The Morgan fingerprint density at radius 3 is 1.19 bits per heavy atom. The molecule has 2 aliphatic rings. The van der Waals surface area contributed by atoms with Gasteiger partial charge in [0.25, 0.3) is 0 Å². The zero-order chi connectivity index (χ0) is 109. The van der Waals surface area contributed by atoms with Crippen molar-refractivity contribution >= 4 is 140 Å². The van der Waals surface area contributed by atoms with Crippen LogP contribution < -0.4 is 42.5 Å². The Balaban J connectivity index is 0.00000140. The molecule has 6 atom stereocenters. The first-order valence-corrected chi connectivity index (χ1v) is 52.6. The van der Waals surface area contributed by atoms with Crippen molar-refractivity contribution in [3.05, 3.63) is 113 Å². The smallest absolute Gasteiger partial charge is 0.373 e. The second-order valence-corrected chi connectivity index (χ2v) is 37.9. The normalized spacial score (nSPS) is 15.7. The van der Waals surface area contributed by atoms with Crippen molar-refractivity contribution in [1.29, 1.82) is 0 Å². The Kier molecular flexibility index (Phi) is 77.3. The zero-order valence-corrected chi connectivity index (χ0v) is 92.2. The van der Waals surface area contributed by atoms with Crippen molar-refractivity contribution in [1.82, 2.24) is 76.4 Å². The van der Waals surface area contributed by atoms with Crippen LogP contribution in [0.15, 0.2) is 91.0 Å². The van der Waals surface area contributed by atoms with Crippen LogP contribution in [0.2, 0.25) is 0 Å². The van der Waals surface area contributed by atoms with Gasteiger partial charge in [0.1, 0.15) is 23.7 Å².